The summed E-state index contributed by atoms with van der Waals surface area (Å²) >= 11 is 0. The van der Waals surface area contributed by atoms with Gasteiger partial charge >= 0.3 is 0 Å². The van der Waals surface area contributed by atoms with Gasteiger partial charge in [-0.1, -0.05) is 194 Å². The summed E-state index contributed by atoms with van der Waals surface area (Å²) in [7, 11) is 0. The second-order valence-corrected chi connectivity index (χ2v) is 21.1. The highest BCUT2D eigenvalue weighted by atomic mass is 16.3. The summed E-state index contributed by atoms with van der Waals surface area (Å²) in [5, 5.41) is 9.22. The molecule has 12 aromatic carbocycles. The molecule has 0 radical (unpaired) electrons. The van der Waals surface area contributed by atoms with Crippen LogP contribution < -0.4 is 0 Å². The molecule has 5 aromatic heterocycles. The second-order valence-electron chi connectivity index (χ2n) is 21.1. The summed E-state index contributed by atoms with van der Waals surface area (Å²) in [5.41, 5.74) is 18.3. The first-order valence-corrected chi connectivity index (χ1v) is 27.8. The number of hydrogen-bond acceptors (Lipinski definition) is 4. The molecule has 17 rings (SSSR count). The van der Waals surface area contributed by atoms with Gasteiger partial charge in [0.05, 0.1) is 44.2 Å². The van der Waals surface area contributed by atoms with Gasteiger partial charge in [0, 0.05) is 76.9 Å². The zero-order valence-corrected chi connectivity index (χ0v) is 44.1. The lowest BCUT2D eigenvalue weighted by atomic mass is 9.92. The zero-order valence-electron chi connectivity index (χ0n) is 44.1. The topological polar surface area (TPSA) is 66.6 Å². The summed E-state index contributed by atoms with van der Waals surface area (Å²) in [6.45, 7) is 0. The average Bonchev–Trinajstić information content (AvgIpc) is 3.62. The van der Waals surface area contributed by atoms with Gasteiger partial charge in [-0.25, -0.2) is 15.0 Å². The van der Waals surface area contributed by atoms with Crippen LogP contribution in [0.2, 0.25) is 0 Å². The Morgan fingerprint density at radius 2 is 0.634 bits per heavy atom. The highest BCUT2D eigenvalue weighted by Gasteiger charge is 2.26. The van der Waals surface area contributed by atoms with Gasteiger partial charge in [-0.05, 0) is 96.1 Å². The number of nitrogens with zero attached hydrogens (tertiary/aromatic N) is 6. The highest BCUT2D eigenvalue weighted by Crippen LogP contribution is 2.47. The van der Waals surface area contributed by atoms with Crippen LogP contribution in [0.3, 0.4) is 0 Å². The standard InChI is InChI=1S/C75H46N6O/c1-3-19-49(20-4-1)73-76-74(50-21-5-2-6-22-50)78-75(77-73)51-45-61(47-35-39-52(40-36-47)79-63-29-13-7-23-54(63)55-24-8-14-30-64(55)79)71(81-67-33-17-11-28-60(67)70-68(81)44-43-59-58-27-12-18-34-69(58)82-72(59)70)62(46-51)48-37-41-53(42-38-48)80-65-31-15-9-25-56(65)57-26-10-16-32-66(57)80/h1-46H. The molecule has 17 aromatic rings. The molecule has 0 spiro atoms. The minimum absolute atomic E-state index is 0.566. The van der Waals surface area contributed by atoms with E-state index >= 15 is 0 Å². The van der Waals surface area contributed by atoms with Gasteiger partial charge in [0.2, 0.25) is 0 Å². The Balaban J connectivity index is 0.976. The van der Waals surface area contributed by atoms with E-state index in [0.717, 1.165) is 122 Å². The van der Waals surface area contributed by atoms with E-state index in [4.69, 9.17) is 19.4 Å². The van der Waals surface area contributed by atoms with E-state index in [1.807, 2.05) is 42.5 Å². The number of para-hydroxylation sites is 6. The number of benzene rings is 12. The van der Waals surface area contributed by atoms with Gasteiger partial charge in [0.15, 0.2) is 17.5 Å². The Bertz CT molecular complexity index is 5040. The Morgan fingerprint density at radius 1 is 0.256 bits per heavy atom. The molecule has 0 unspecified atom stereocenters. The fourth-order valence-electron chi connectivity index (χ4n) is 12.8. The largest absolute Gasteiger partial charge is 0.455 e. The maximum absolute atomic E-state index is 6.90. The lowest BCUT2D eigenvalue weighted by Gasteiger charge is -2.21. The first-order chi connectivity index (χ1) is 40.7. The van der Waals surface area contributed by atoms with Crippen molar-refractivity contribution in [1.82, 2.24) is 28.7 Å². The van der Waals surface area contributed by atoms with E-state index in [1.165, 1.54) is 21.5 Å². The normalized spacial score (nSPS) is 11.9. The SMILES string of the molecule is c1ccc(-c2nc(-c3ccccc3)nc(-c3cc(-c4ccc(-n5c6ccccc6c6ccccc65)cc4)c(-n4c5ccccc5c5c6oc7ccccc7c6ccc54)c(-c4ccc(-n5c6ccccc6c6ccccc65)cc4)c3)n2)cc1. The van der Waals surface area contributed by atoms with E-state index < -0.39 is 0 Å². The molecule has 7 nitrogen and oxygen atoms in total. The van der Waals surface area contributed by atoms with Gasteiger partial charge in [0.25, 0.3) is 0 Å². The third-order valence-electron chi connectivity index (χ3n) is 16.5. The van der Waals surface area contributed by atoms with Gasteiger partial charge < -0.3 is 18.1 Å². The fraction of sp³-hybridized carbons (Fsp3) is 0. The Labute approximate surface area is 470 Å². The summed E-state index contributed by atoms with van der Waals surface area (Å²) in [6.07, 6.45) is 0. The molecule has 82 heavy (non-hydrogen) atoms. The molecule has 0 aliphatic rings. The molecule has 0 aliphatic heterocycles. The van der Waals surface area contributed by atoms with E-state index in [-0.39, 0.29) is 0 Å². The van der Waals surface area contributed by atoms with Crippen molar-refractivity contribution in [3.8, 4) is 73.5 Å². The molecule has 0 saturated carbocycles. The van der Waals surface area contributed by atoms with Crippen LogP contribution in [0.15, 0.2) is 283 Å². The minimum atomic E-state index is 0.566. The highest BCUT2D eigenvalue weighted by molar-refractivity contribution is 6.24. The fourth-order valence-corrected chi connectivity index (χ4v) is 12.8. The molecule has 382 valence electrons. The van der Waals surface area contributed by atoms with Crippen LogP contribution in [-0.2, 0) is 0 Å². The molecule has 0 saturated heterocycles. The molecule has 7 heteroatoms. The first kappa shape index (κ1) is 45.8. The van der Waals surface area contributed by atoms with Crippen LogP contribution in [0.5, 0.6) is 0 Å². The smallest absolute Gasteiger partial charge is 0.164 e. The third-order valence-corrected chi connectivity index (χ3v) is 16.5. The molecular formula is C75H46N6O. The molecule has 0 aliphatic carbocycles. The van der Waals surface area contributed by atoms with Crippen molar-refractivity contribution in [2.45, 2.75) is 0 Å². The number of rotatable bonds is 8. The molecule has 0 N–H and O–H groups in total. The summed E-state index contributed by atoms with van der Waals surface area (Å²) < 4.78 is 14.1. The number of fused-ring (bicyclic) bond motifs is 13. The van der Waals surface area contributed by atoms with E-state index in [9.17, 15) is 0 Å². The van der Waals surface area contributed by atoms with Crippen LogP contribution in [0.25, 0.3) is 161 Å². The van der Waals surface area contributed by atoms with Gasteiger partial charge in [-0.2, -0.15) is 0 Å². The predicted octanol–water partition coefficient (Wildman–Crippen LogP) is 19.4. The molecule has 0 amide bonds. The summed E-state index contributed by atoms with van der Waals surface area (Å²) in [5.74, 6) is 1.76. The average molecular weight is 1050 g/mol. The maximum atomic E-state index is 6.90. The Morgan fingerprint density at radius 3 is 1.10 bits per heavy atom. The lowest BCUT2D eigenvalue weighted by Crippen LogP contribution is -2.04. The van der Waals surface area contributed by atoms with Gasteiger partial charge in [-0.15, -0.1) is 0 Å². The Hall–Kier alpha value is -11.2. The molecule has 5 heterocycles. The minimum Gasteiger partial charge on any atom is -0.455 e. The lowest BCUT2D eigenvalue weighted by molar-refractivity contribution is 0.673. The zero-order chi connectivity index (χ0) is 53.8. The van der Waals surface area contributed by atoms with Crippen LogP contribution >= 0.6 is 0 Å². The predicted molar refractivity (Wildman–Crippen MR) is 337 cm³/mol. The first-order valence-electron chi connectivity index (χ1n) is 27.8. The van der Waals surface area contributed by atoms with E-state index in [2.05, 4.69) is 250 Å². The quantitative estimate of drug-likeness (QED) is 0.152. The van der Waals surface area contributed by atoms with Crippen molar-refractivity contribution in [1.29, 1.82) is 0 Å². The van der Waals surface area contributed by atoms with Crippen molar-refractivity contribution < 1.29 is 4.42 Å². The maximum Gasteiger partial charge on any atom is 0.164 e. The van der Waals surface area contributed by atoms with Gasteiger partial charge in [0.1, 0.15) is 11.2 Å². The van der Waals surface area contributed by atoms with Crippen molar-refractivity contribution >= 4 is 87.4 Å². The molecular weight excluding hydrogens is 1000 g/mol. The second kappa shape index (κ2) is 18.2. The van der Waals surface area contributed by atoms with Crippen molar-refractivity contribution in [3.05, 3.63) is 279 Å². The van der Waals surface area contributed by atoms with Crippen LogP contribution in [0.4, 0.5) is 0 Å². The van der Waals surface area contributed by atoms with E-state index in [1.54, 1.807) is 0 Å². The Kier molecular flexibility index (Phi) is 10.2. The van der Waals surface area contributed by atoms with Crippen molar-refractivity contribution in [2.24, 2.45) is 0 Å². The van der Waals surface area contributed by atoms with Crippen molar-refractivity contribution in [3.63, 3.8) is 0 Å². The van der Waals surface area contributed by atoms with Crippen molar-refractivity contribution in [2.75, 3.05) is 0 Å². The monoisotopic (exact) mass is 1050 g/mol. The van der Waals surface area contributed by atoms with Crippen LogP contribution in [-0.4, -0.2) is 28.7 Å². The number of aromatic nitrogens is 6. The molecule has 0 fully saturated rings. The summed E-state index contributed by atoms with van der Waals surface area (Å²) in [4.78, 5) is 15.9. The van der Waals surface area contributed by atoms with E-state index in [0.29, 0.717) is 17.5 Å². The van der Waals surface area contributed by atoms with Crippen LogP contribution in [0.1, 0.15) is 0 Å². The van der Waals surface area contributed by atoms with Gasteiger partial charge in [-0.3, -0.25) is 0 Å². The number of furan rings is 1. The third kappa shape index (κ3) is 7.06. The molecule has 0 bridgehead atoms. The molecule has 0 atom stereocenters. The van der Waals surface area contributed by atoms with Crippen LogP contribution in [0, 0.1) is 0 Å². The number of hydrogen-bond donors (Lipinski definition) is 0. The summed E-state index contributed by atoms with van der Waals surface area (Å²) in [6, 6.07) is 99.5.